The fourth-order valence-electron chi connectivity index (χ4n) is 1.26. The van der Waals surface area contributed by atoms with Gasteiger partial charge in [-0.1, -0.05) is 11.6 Å². The largest absolute Gasteiger partial charge is 0.293 e. The van der Waals surface area contributed by atoms with Crippen molar-refractivity contribution in [1.29, 1.82) is 0 Å². The lowest BCUT2D eigenvalue weighted by Crippen LogP contribution is -2.06. The Morgan fingerprint density at radius 3 is 2.53 bits per heavy atom. The molecule has 0 aliphatic rings. The quantitative estimate of drug-likeness (QED) is 0.418. The minimum Gasteiger partial charge on any atom is -0.293 e. The molecule has 0 saturated carbocycles. The number of carbonyl (C=O) groups is 1. The summed E-state index contributed by atoms with van der Waals surface area (Å²) in [6, 6.07) is 6.74. The van der Waals surface area contributed by atoms with Gasteiger partial charge < -0.3 is 0 Å². The summed E-state index contributed by atoms with van der Waals surface area (Å²) >= 11 is 7.19. The van der Waals surface area contributed by atoms with Gasteiger partial charge in [0.25, 0.3) is 10.1 Å². The van der Waals surface area contributed by atoms with Crippen LogP contribution in [0, 0.1) is 0 Å². The van der Waals surface area contributed by atoms with E-state index in [1.807, 2.05) is 0 Å². The maximum atomic E-state index is 11.8. The first-order valence-corrected chi connectivity index (χ1v) is 8.94. The molecule has 0 atom stereocenters. The minimum atomic E-state index is -3.36. The highest BCUT2D eigenvalue weighted by atomic mass is 35.5. The van der Waals surface area contributed by atoms with E-state index in [0.717, 1.165) is 6.26 Å². The Balaban J connectivity index is 2.19. The third-order valence-corrected chi connectivity index (χ3v) is 4.02. The normalized spacial score (nSPS) is 11.5. The number of ketones is 1. The molecule has 0 aromatic heterocycles. The molecule has 0 unspecified atom stereocenters. The second-order valence-electron chi connectivity index (χ2n) is 3.86. The minimum absolute atomic E-state index is 0.0331. The van der Waals surface area contributed by atoms with Gasteiger partial charge in [-0.3, -0.25) is 8.98 Å². The molecule has 0 heterocycles. The van der Waals surface area contributed by atoms with Gasteiger partial charge >= 0.3 is 0 Å². The Labute approximate surface area is 122 Å². The molecule has 7 heteroatoms. The second kappa shape index (κ2) is 7.89. The van der Waals surface area contributed by atoms with E-state index in [2.05, 4.69) is 4.18 Å². The topological polar surface area (TPSA) is 60.4 Å². The summed E-state index contributed by atoms with van der Waals surface area (Å²) in [4.78, 5) is 11.8. The summed E-state index contributed by atoms with van der Waals surface area (Å²) in [5.41, 5.74) is 0.629. The Morgan fingerprint density at radius 1 is 1.32 bits per heavy atom. The predicted octanol–water partition coefficient (Wildman–Crippen LogP) is 2.62. The van der Waals surface area contributed by atoms with E-state index in [4.69, 9.17) is 11.6 Å². The lowest BCUT2D eigenvalue weighted by atomic mass is 10.1. The van der Waals surface area contributed by atoms with Crippen molar-refractivity contribution in [2.75, 3.05) is 24.4 Å². The molecule has 106 valence electrons. The highest BCUT2D eigenvalue weighted by molar-refractivity contribution is 7.99. The number of benzene rings is 1. The lowest BCUT2D eigenvalue weighted by molar-refractivity contribution is 0.102. The van der Waals surface area contributed by atoms with Crippen LogP contribution in [0.4, 0.5) is 0 Å². The third kappa shape index (κ3) is 7.57. The zero-order valence-electron chi connectivity index (χ0n) is 10.5. The van der Waals surface area contributed by atoms with Crippen LogP contribution in [0.3, 0.4) is 0 Å². The molecule has 0 amide bonds. The average molecular weight is 323 g/mol. The van der Waals surface area contributed by atoms with E-state index in [-0.39, 0.29) is 12.4 Å². The number of Topliss-reactive ketones (excluding diaryl/α,β-unsaturated/α-hetero) is 1. The van der Waals surface area contributed by atoms with Gasteiger partial charge in [0, 0.05) is 10.6 Å². The summed E-state index contributed by atoms with van der Waals surface area (Å²) in [5, 5.41) is 0.599. The third-order valence-electron chi connectivity index (χ3n) is 2.13. The lowest BCUT2D eigenvalue weighted by Gasteiger charge is -2.02. The first-order chi connectivity index (χ1) is 8.88. The van der Waals surface area contributed by atoms with Crippen LogP contribution >= 0.6 is 23.4 Å². The fourth-order valence-corrected chi connectivity index (χ4v) is 2.62. The fraction of sp³-hybridized carbons (Fsp3) is 0.417. The molecular formula is C12H15ClO4S2. The van der Waals surface area contributed by atoms with Crippen molar-refractivity contribution in [3.63, 3.8) is 0 Å². The highest BCUT2D eigenvalue weighted by Gasteiger charge is 2.06. The van der Waals surface area contributed by atoms with E-state index in [1.165, 1.54) is 11.8 Å². The molecule has 1 aromatic carbocycles. The highest BCUT2D eigenvalue weighted by Crippen LogP contribution is 2.12. The molecule has 1 aromatic rings. The Bertz CT molecular complexity index is 511. The number of hydrogen-bond acceptors (Lipinski definition) is 5. The van der Waals surface area contributed by atoms with Crippen LogP contribution in [-0.4, -0.2) is 38.6 Å². The molecule has 1 rings (SSSR count). The van der Waals surface area contributed by atoms with Crippen molar-refractivity contribution in [3.05, 3.63) is 34.9 Å². The molecule has 0 N–H and O–H groups in total. The number of carbonyl (C=O) groups excluding carboxylic acids is 1. The van der Waals surface area contributed by atoms with Crippen molar-refractivity contribution in [2.24, 2.45) is 0 Å². The van der Waals surface area contributed by atoms with Crippen LogP contribution in [0.15, 0.2) is 24.3 Å². The maximum Gasteiger partial charge on any atom is 0.264 e. The van der Waals surface area contributed by atoms with E-state index in [1.54, 1.807) is 24.3 Å². The van der Waals surface area contributed by atoms with Gasteiger partial charge in [0.15, 0.2) is 5.78 Å². The van der Waals surface area contributed by atoms with Crippen LogP contribution in [0.1, 0.15) is 16.8 Å². The zero-order chi connectivity index (χ0) is 14.3. The average Bonchev–Trinajstić information content (AvgIpc) is 2.33. The number of rotatable bonds is 8. The first-order valence-electron chi connectivity index (χ1n) is 5.59. The van der Waals surface area contributed by atoms with E-state index < -0.39 is 10.1 Å². The van der Waals surface area contributed by atoms with Crippen molar-refractivity contribution in [1.82, 2.24) is 0 Å². The van der Waals surface area contributed by atoms with E-state index in [9.17, 15) is 13.2 Å². The summed E-state index contributed by atoms with van der Waals surface area (Å²) < 4.78 is 26.0. The maximum absolute atomic E-state index is 11.8. The molecule has 0 bridgehead atoms. The summed E-state index contributed by atoms with van der Waals surface area (Å²) in [6.45, 7) is 0.154. The summed E-state index contributed by atoms with van der Waals surface area (Å²) in [5.74, 6) is 1.07. The molecule has 4 nitrogen and oxygen atoms in total. The molecule has 0 aliphatic carbocycles. The SMILES string of the molecule is CS(=O)(=O)OCCCSCC(=O)c1ccc(Cl)cc1. The van der Waals surface area contributed by atoms with E-state index in [0.29, 0.717) is 28.5 Å². The van der Waals surface area contributed by atoms with Gasteiger partial charge in [-0.2, -0.15) is 20.2 Å². The smallest absolute Gasteiger partial charge is 0.264 e. The number of hydrogen-bond donors (Lipinski definition) is 0. The Kier molecular flexibility index (Phi) is 6.85. The zero-order valence-corrected chi connectivity index (χ0v) is 12.9. The molecular weight excluding hydrogens is 308 g/mol. The van der Waals surface area contributed by atoms with Gasteiger partial charge in [0.2, 0.25) is 0 Å². The molecule has 0 aliphatic heterocycles. The molecule has 0 fully saturated rings. The van der Waals surface area contributed by atoms with Crippen molar-refractivity contribution in [3.8, 4) is 0 Å². The first kappa shape index (κ1) is 16.5. The predicted molar refractivity (Wildman–Crippen MR) is 78.5 cm³/mol. The van der Waals surface area contributed by atoms with Gasteiger partial charge in [-0.15, -0.1) is 0 Å². The number of thioether (sulfide) groups is 1. The van der Waals surface area contributed by atoms with Gasteiger partial charge in [0.05, 0.1) is 18.6 Å². The van der Waals surface area contributed by atoms with Crippen molar-refractivity contribution < 1.29 is 17.4 Å². The molecule has 0 spiro atoms. The van der Waals surface area contributed by atoms with Gasteiger partial charge in [-0.05, 0) is 36.4 Å². The molecule has 0 radical (unpaired) electrons. The van der Waals surface area contributed by atoms with Crippen molar-refractivity contribution >= 4 is 39.3 Å². The van der Waals surface area contributed by atoms with Crippen LogP contribution < -0.4 is 0 Å². The van der Waals surface area contributed by atoms with Gasteiger partial charge in [-0.25, -0.2) is 0 Å². The van der Waals surface area contributed by atoms with Crippen molar-refractivity contribution in [2.45, 2.75) is 6.42 Å². The van der Waals surface area contributed by atoms with Crippen LogP contribution in [-0.2, 0) is 14.3 Å². The van der Waals surface area contributed by atoms with Crippen LogP contribution in [0.5, 0.6) is 0 Å². The standard InChI is InChI=1S/C12H15ClO4S2/c1-19(15,16)17-7-2-8-18-9-12(14)10-3-5-11(13)6-4-10/h3-6H,2,7-9H2,1H3. The molecule has 19 heavy (non-hydrogen) atoms. The Morgan fingerprint density at radius 2 is 1.95 bits per heavy atom. The molecule has 0 saturated heterocycles. The van der Waals surface area contributed by atoms with Crippen LogP contribution in [0.25, 0.3) is 0 Å². The van der Waals surface area contributed by atoms with Crippen LogP contribution in [0.2, 0.25) is 5.02 Å². The Hall–Kier alpha value is -0.560. The number of halogens is 1. The monoisotopic (exact) mass is 322 g/mol. The van der Waals surface area contributed by atoms with E-state index >= 15 is 0 Å². The summed E-state index contributed by atoms with van der Waals surface area (Å²) in [6.07, 6.45) is 1.61. The summed E-state index contributed by atoms with van der Waals surface area (Å²) in [7, 11) is -3.36. The van der Waals surface area contributed by atoms with Gasteiger partial charge in [0.1, 0.15) is 0 Å². The second-order valence-corrected chi connectivity index (χ2v) is 7.05.